The van der Waals surface area contributed by atoms with Crippen molar-refractivity contribution in [3.8, 4) is 0 Å². The molecule has 0 saturated carbocycles. The zero-order valence-corrected chi connectivity index (χ0v) is 35.0. The van der Waals surface area contributed by atoms with Crippen LogP contribution in [0.5, 0.6) is 0 Å². The van der Waals surface area contributed by atoms with Crippen LogP contribution >= 0.6 is 0 Å². The summed E-state index contributed by atoms with van der Waals surface area (Å²) in [6.07, 6.45) is -57.9. The first-order valence-electron chi connectivity index (χ1n) is 21.1. The van der Waals surface area contributed by atoms with Crippen LogP contribution in [-0.2, 0) is 52.1 Å². The zero-order valence-electron chi connectivity index (χ0n) is 35.0. The molecule has 6 fully saturated rings. The second-order valence-electron chi connectivity index (χ2n) is 16.8. The Morgan fingerprint density at radius 3 is 0.821 bits per heavy atom. The first kappa shape index (κ1) is 55.1. The Balaban J connectivity index is 1.16. The molecule has 6 rings (SSSR count). The van der Waals surface area contributed by atoms with E-state index in [1.54, 1.807) is 0 Å². The predicted octanol–water partition coefficient (Wildman–Crippen LogP) is -14.1. The Morgan fingerprint density at radius 2 is 0.478 bits per heavy atom. The lowest BCUT2D eigenvalue weighted by Gasteiger charge is -2.50. The molecule has 67 heavy (non-hydrogen) atoms. The van der Waals surface area contributed by atoms with Crippen LogP contribution in [0.1, 0.15) is 0 Å². The van der Waals surface area contributed by atoms with Crippen LogP contribution in [0.4, 0.5) is 0 Å². The van der Waals surface area contributed by atoms with Crippen LogP contribution in [0, 0.1) is 0 Å². The fourth-order valence-corrected chi connectivity index (χ4v) is 8.50. The third kappa shape index (κ3) is 11.2. The first-order chi connectivity index (χ1) is 31.8. The molecule has 31 nitrogen and oxygen atoms in total. The van der Waals surface area contributed by atoms with Gasteiger partial charge in [-0.25, -0.2) is 0 Å². The van der Waals surface area contributed by atoms with Gasteiger partial charge >= 0.3 is 0 Å². The molecule has 6 heterocycles. The summed E-state index contributed by atoms with van der Waals surface area (Å²) in [5.74, 6) is 0. The number of aliphatic hydroxyl groups excluding tert-OH is 20. The average molecular weight is 991 g/mol. The molecule has 6 saturated heterocycles. The molecule has 0 aromatic rings. The molecular weight excluding hydrogens is 928 g/mol. The van der Waals surface area contributed by atoms with Crippen molar-refractivity contribution >= 4 is 0 Å². The smallest absolute Gasteiger partial charge is 0.187 e. The molecule has 0 aromatic heterocycles. The molecule has 0 radical (unpaired) electrons. The maximum Gasteiger partial charge on any atom is 0.187 e. The van der Waals surface area contributed by atoms with E-state index in [1.807, 2.05) is 0 Å². The van der Waals surface area contributed by atoms with E-state index in [2.05, 4.69) is 0 Å². The minimum absolute atomic E-state index is 0.872. The third-order valence-electron chi connectivity index (χ3n) is 12.4. The highest BCUT2D eigenvalue weighted by Gasteiger charge is 2.57. The van der Waals surface area contributed by atoms with Crippen molar-refractivity contribution < 1.29 is 154 Å². The van der Waals surface area contributed by atoms with Gasteiger partial charge in [0.25, 0.3) is 0 Å². The Bertz CT molecular complexity index is 1500. The van der Waals surface area contributed by atoms with Gasteiger partial charge in [0, 0.05) is 0 Å². The van der Waals surface area contributed by atoms with Crippen LogP contribution in [0.15, 0.2) is 0 Å². The third-order valence-corrected chi connectivity index (χ3v) is 12.4. The number of aliphatic hydroxyl groups is 20. The highest BCUT2D eigenvalue weighted by atomic mass is 16.8. The van der Waals surface area contributed by atoms with Crippen molar-refractivity contribution in [2.24, 2.45) is 0 Å². The number of hydrogen-bond acceptors (Lipinski definition) is 31. The molecule has 30 atom stereocenters. The van der Waals surface area contributed by atoms with Crippen molar-refractivity contribution in [2.45, 2.75) is 184 Å². The summed E-state index contributed by atoms with van der Waals surface area (Å²) >= 11 is 0. The summed E-state index contributed by atoms with van der Waals surface area (Å²) < 4.78 is 60.6. The van der Waals surface area contributed by atoms with Gasteiger partial charge in [0.05, 0.1) is 39.6 Å². The number of ether oxygens (including phenoxy) is 11. The van der Waals surface area contributed by atoms with Crippen LogP contribution in [-0.4, -0.2) is 326 Å². The number of rotatable bonds is 16. The minimum atomic E-state index is -2.24. The highest BCUT2D eigenvalue weighted by molar-refractivity contribution is 5.00. The fraction of sp³-hybridized carbons (Fsp3) is 1.00. The normalized spacial score (nSPS) is 53.4. The van der Waals surface area contributed by atoms with Gasteiger partial charge in [0.2, 0.25) is 0 Å². The molecule has 392 valence electrons. The molecule has 31 heteroatoms. The maximum absolute atomic E-state index is 11.5. The van der Waals surface area contributed by atoms with Gasteiger partial charge in [0.15, 0.2) is 37.7 Å². The average Bonchev–Trinajstić information content (AvgIpc) is 3.31. The van der Waals surface area contributed by atoms with Crippen molar-refractivity contribution in [3.05, 3.63) is 0 Å². The maximum atomic E-state index is 11.5. The molecule has 20 N–H and O–H groups in total. The Kier molecular flexibility index (Phi) is 19.4. The monoisotopic (exact) mass is 990 g/mol. The van der Waals surface area contributed by atoms with Gasteiger partial charge in [0.1, 0.15) is 146 Å². The molecule has 0 aliphatic carbocycles. The quantitative estimate of drug-likeness (QED) is 0.0683. The second kappa shape index (κ2) is 23.5. The molecular formula is C36H62O31. The van der Waals surface area contributed by atoms with Gasteiger partial charge in [-0.1, -0.05) is 0 Å². The van der Waals surface area contributed by atoms with Crippen molar-refractivity contribution in [2.75, 3.05) is 39.6 Å². The van der Waals surface area contributed by atoms with E-state index in [1.165, 1.54) is 0 Å². The van der Waals surface area contributed by atoms with E-state index in [0.29, 0.717) is 0 Å². The summed E-state index contributed by atoms with van der Waals surface area (Å²) in [5.41, 5.74) is 0. The van der Waals surface area contributed by atoms with Gasteiger partial charge in [-0.2, -0.15) is 0 Å². The molecule has 0 aromatic carbocycles. The van der Waals surface area contributed by atoms with Gasteiger partial charge in [-0.15, -0.1) is 0 Å². The minimum Gasteiger partial charge on any atom is -0.394 e. The molecule has 0 spiro atoms. The molecule has 6 aliphatic rings. The standard InChI is InChI=1S/C36H62O31/c37-1-7-13(43)17(47)21(51)32(58-7)65-28-14(44)9(3-39)60-35(24(28)54)67-30-16(46)10(4-40)61-36(25(30)55)66-29-15(45)8(2-38)59-34(23(29)53)64-27-12(6-42)62-33(22(52)19(27)49)63-26-11(5-41)57-31(56)20(50)18(26)48/h7-56H,1-6H2/t7-,8-,9-,10-,11-,12-,13+,14+,15+,16+,17+,18-,19-,20-,21-,22-,23-,24-,25-,26-,27+,28+,29+,30+,31?,32-,33+,34-,35-,36-/m1/s1. The highest BCUT2D eigenvalue weighted by Crippen LogP contribution is 2.37. The SMILES string of the molecule is OC[C@H]1O[C@H](O[C@H]2[C@@H](O)[C@@H](CO)O[C@H](O[C@H]3[C@@H](O)[C@@H](CO)O[C@H](O[C@H]4[C@@H](O)[C@@H](CO)O[C@H](O[C@@H]5[C@H](O)[C@@H](O)[C@H](O[C@H]6[C@H](O)[C@@H](O)C(O)O[C@@H]6CO)O[C@@H]5CO)[C@@H]4O)[C@@H]3O)[C@@H]2O)[C@H](O)[C@@H](O)[C@H]1O. The summed E-state index contributed by atoms with van der Waals surface area (Å²) in [6, 6.07) is 0. The molecule has 0 bridgehead atoms. The van der Waals surface area contributed by atoms with Crippen LogP contribution in [0.3, 0.4) is 0 Å². The summed E-state index contributed by atoms with van der Waals surface area (Å²) in [6.45, 7) is -5.79. The first-order valence-corrected chi connectivity index (χ1v) is 21.1. The lowest BCUT2D eigenvalue weighted by Crippen LogP contribution is -2.68. The summed E-state index contributed by atoms with van der Waals surface area (Å²) in [4.78, 5) is 0. The van der Waals surface area contributed by atoms with Crippen molar-refractivity contribution in [1.82, 2.24) is 0 Å². The molecule has 6 aliphatic heterocycles. The Morgan fingerprint density at radius 1 is 0.224 bits per heavy atom. The van der Waals surface area contributed by atoms with E-state index in [-0.39, 0.29) is 0 Å². The number of hydrogen-bond donors (Lipinski definition) is 20. The van der Waals surface area contributed by atoms with E-state index in [9.17, 15) is 102 Å². The van der Waals surface area contributed by atoms with E-state index in [4.69, 9.17) is 52.1 Å². The molecule has 0 amide bonds. The Labute approximate surface area is 378 Å². The second-order valence-corrected chi connectivity index (χ2v) is 16.8. The predicted molar refractivity (Wildman–Crippen MR) is 199 cm³/mol. The lowest BCUT2D eigenvalue weighted by atomic mass is 9.95. The lowest BCUT2D eigenvalue weighted by molar-refractivity contribution is -0.397. The van der Waals surface area contributed by atoms with Gasteiger partial charge < -0.3 is 154 Å². The fourth-order valence-electron chi connectivity index (χ4n) is 8.50. The molecule has 1 unspecified atom stereocenters. The van der Waals surface area contributed by atoms with E-state index >= 15 is 0 Å². The largest absolute Gasteiger partial charge is 0.394 e. The van der Waals surface area contributed by atoms with Gasteiger partial charge in [-0.05, 0) is 0 Å². The van der Waals surface area contributed by atoms with Crippen LogP contribution in [0.25, 0.3) is 0 Å². The topological polar surface area (TPSA) is 506 Å². The van der Waals surface area contributed by atoms with Crippen LogP contribution in [0.2, 0.25) is 0 Å². The van der Waals surface area contributed by atoms with Crippen molar-refractivity contribution in [3.63, 3.8) is 0 Å². The zero-order chi connectivity index (χ0) is 49.3. The Hall–Kier alpha value is -1.24. The van der Waals surface area contributed by atoms with Gasteiger partial charge in [-0.3, -0.25) is 0 Å². The summed E-state index contributed by atoms with van der Waals surface area (Å²) in [7, 11) is 0. The van der Waals surface area contributed by atoms with E-state index < -0.39 is 224 Å². The van der Waals surface area contributed by atoms with E-state index in [0.717, 1.165) is 0 Å². The summed E-state index contributed by atoms with van der Waals surface area (Å²) in [5, 5.41) is 211. The van der Waals surface area contributed by atoms with Crippen LogP contribution < -0.4 is 0 Å². The van der Waals surface area contributed by atoms with Crippen molar-refractivity contribution in [1.29, 1.82) is 0 Å².